The minimum absolute atomic E-state index is 0.332. The Morgan fingerprint density at radius 3 is 2.30 bits per heavy atom. The van der Waals surface area contributed by atoms with Crippen molar-refractivity contribution in [3.05, 3.63) is 0 Å². The second-order valence-corrected chi connectivity index (χ2v) is 6.18. The van der Waals surface area contributed by atoms with Crippen molar-refractivity contribution in [2.45, 2.75) is 83.0 Å². The van der Waals surface area contributed by atoms with Crippen molar-refractivity contribution in [2.24, 2.45) is 0 Å². The van der Waals surface area contributed by atoms with Crippen LogP contribution in [0.3, 0.4) is 0 Å². The molecule has 0 aliphatic carbocycles. The summed E-state index contributed by atoms with van der Waals surface area (Å²) < 4.78 is 5.01. The molecule has 0 aromatic rings. The van der Waals surface area contributed by atoms with Crippen LogP contribution in [-0.2, 0) is 9.53 Å². The van der Waals surface area contributed by atoms with E-state index < -0.39 is 37.3 Å². The van der Waals surface area contributed by atoms with Crippen LogP contribution in [0.5, 0.6) is 0 Å². The van der Waals surface area contributed by atoms with Crippen molar-refractivity contribution >= 4 is 5.91 Å². The third-order valence-electron chi connectivity index (χ3n) is 4.37. The zero-order chi connectivity index (χ0) is 17.4. The number of aliphatic hydroxyl groups is 3. The largest absolute Gasteiger partial charge is 0.829 e. The molecule has 0 saturated carbocycles. The minimum Gasteiger partial charge on any atom is -0.829 e. The van der Waals surface area contributed by atoms with Crippen LogP contribution in [0.2, 0.25) is 0 Å². The molecule has 1 rings (SSSR count). The van der Waals surface area contributed by atoms with Gasteiger partial charge in [0.2, 0.25) is 5.91 Å². The molecular formula is C16H30NO6-. The highest BCUT2D eigenvalue weighted by Crippen LogP contribution is 2.23. The summed E-state index contributed by atoms with van der Waals surface area (Å²) in [6.07, 6.45) is 0.620. The number of hydrogen-bond acceptors (Lipinski definition) is 6. The highest BCUT2D eigenvalue weighted by molar-refractivity contribution is 5.73. The summed E-state index contributed by atoms with van der Waals surface area (Å²) in [6, 6.07) is -1.14. The van der Waals surface area contributed by atoms with Crippen molar-refractivity contribution in [3.8, 4) is 0 Å². The quantitative estimate of drug-likeness (QED) is 0.484. The maximum atomic E-state index is 12.1. The summed E-state index contributed by atoms with van der Waals surface area (Å²) in [5.41, 5.74) is 0. The molecule has 7 heteroatoms. The molecule has 1 heterocycles. The van der Waals surface area contributed by atoms with Crippen LogP contribution < -0.4 is 5.11 Å². The van der Waals surface area contributed by atoms with Gasteiger partial charge < -0.3 is 30.1 Å². The lowest BCUT2D eigenvalue weighted by atomic mass is 9.95. The van der Waals surface area contributed by atoms with Gasteiger partial charge in [0.25, 0.3) is 0 Å². The Hall–Kier alpha value is -0.730. The Bertz CT molecular complexity index is 353. The molecule has 0 unspecified atom stereocenters. The summed E-state index contributed by atoms with van der Waals surface area (Å²) >= 11 is 0. The Morgan fingerprint density at radius 2 is 1.74 bits per heavy atom. The molecule has 0 spiro atoms. The van der Waals surface area contributed by atoms with Gasteiger partial charge in [-0.15, -0.1) is 0 Å². The lowest BCUT2D eigenvalue weighted by Gasteiger charge is -2.50. The van der Waals surface area contributed by atoms with E-state index in [9.17, 15) is 20.1 Å². The maximum Gasteiger partial charge on any atom is 0.219 e. The molecule has 23 heavy (non-hydrogen) atoms. The van der Waals surface area contributed by atoms with Crippen LogP contribution in [-0.4, -0.2) is 69.9 Å². The predicted octanol–water partition coefficient (Wildman–Crippen LogP) is -0.637. The molecule has 7 nitrogen and oxygen atoms in total. The van der Waals surface area contributed by atoms with Gasteiger partial charge in [0, 0.05) is 19.8 Å². The number of nitrogens with zero attached hydrogens (tertiary/aromatic N) is 1. The number of carbonyl (C=O) groups is 1. The van der Waals surface area contributed by atoms with Gasteiger partial charge in [0.05, 0.1) is 12.6 Å². The molecule has 136 valence electrons. The van der Waals surface area contributed by atoms with Crippen molar-refractivity contribution in [1.29, 1.82) is 0 Å². The fourth-order valence-electron chi connectivity index (χ4n) is 2.98. The van der Waals surface area contributed by atoms with Gasteiger partial charge in [-0.2, -0.15) is 0 Å². The molecule has 1 aliphatic heterocycles. The zero-order valence-electron chi connectivity index (χ0n) is 14.1. The second-order valence-electron chi connectivity index (χ2n) is 6.18. The number of unbranched alkanes of at least 4 members (excludes halogenated alkanes) is 5. The van der Waals surface area contributed by atoms with Crippen LogP contribution in [0.15, 0.2) is 0 Å². The van der Waals surface area contributed by atoms with E-state index in [-0.39, 0.29) is 5.91 Å². The van der Waals surface area contributed by atoms with E-state index in [0.29, 0.717) is 6.54 Å². The summed E-state index contributed by atoms with van der Waals surface area (Å²) in [7, 11) is 0. The molecule has 0 aromatic heterocycles. The summed E-state index contributed by atoms with van der Waals surface area (Å²) in [4.78, 5) is 13.1. The summed E-state index contributed by atoms with van der Waals surface area (Å²) in [5, 5.41) is 41.3. The predicted molar refractivity (Wildman–Crippen MR) is 82.3 cm³/mol. The molecule has 1 amide bonds. The number of aliphatic hydroxyl groups excluding tert-OH is 3. The smallest absolute Gasteiger partial charge is 0.219 e. The van der Waals surface area contributed by atoms with Crippen molar-refractivity contribution in [1.82, 2.24) is 4.90 Å². The second kappa shape index (κ2) is 10.2. The SMILES string of the molecule is CCCCCCCCN(C(C)=O)[C@@H]1[C@@H](O)[C@H](O)[C@@H](CO)O[C@H]1[O-]. The molecule has 5 atom stereocenters. The van der Waals surface area contributed by atoms with Gasteiger partial charge in [0.15, 0.2) is 0 Å². The van der Waals surface area contributed by atoms with Gasteiger partial charge >= 0.3 is 0 Å². The van der Waals surface area contributed by atoms with E-state index in [1.807, 2.05) is 0 Å². The highest BCUT2D eigenvalue weighted by Gasteiger charge is 2.43. The zero-order valence-corrected chi connectivity index (χ0v) is 14.1. The first kappa shape index (κ1) is 20.3. The van der Waals surface area contributed by atoms with Crippen LogP contribution in [0, 0.1) is 0 Å². The normalized spacial score (nSPS) is 31.1. The first-order valence-electron chi connectivity index (χ1n) is 8.49. The Balaban J connectivity index is 2.60. The minimum atomic E-state index is -1.69. The van der Waals surface area contributed by atoms with Gasteiger partial charge in [-0.05, 0) is 6.42 Å². The van der Waals surface area contributed by atoms with E-state index in [4.69, 9.17) is 9.84 Å². The number of hydrogen-bond donors (Lipinski definition) is 3. The Labute approximate surface area is 137 Å². The summed E-state index contributed by atoms with van der Waals surface area (Å²) in [5.74, 6) is -0.332. The summed E-state index contributed by atoms with van der Waals surface area (Å²) in [6.45, 7) is 3.27. The first-order chi connectivity index (χ1) is 10.9. The van der Waals surface area contributed by atoms with E-state index in [0.717, 1.165) is 32.1 Å². The van der Waals surface area contributed by atoms with Crippen molar-refractivity contribution in [2.75, 3.05) is 13.2 Å². The van der Waals surface area contributed by atoms with E-state index >= 15 is 0 Å². The fraction of sp³-hybridized carbons (Fsp3) is 0.938. The topological polar surface area (TPSA) is 113 Å². The van der Waals surface area contributed by atoms with E-state index in [1.54, 1.807) is 0 Å². The fourth-order valence-corrected chi connectivity index (χ4v) is 2.98. The average Bonchev–Trinajstić information content (AvgIpc) is 2.52. The van der Waals surface area contributed by atoms with E-state index in [1.165, 1.54) is 18.2 Å². The van der Waals surface area contributed by atoms with Crippen LogP contribution in [0.25, 0.3) is 0 Å². The van der Waals surface area contributed by atoms with E-state index in [2.05, 4.69) is 6.92 Å². The third-order valence-corrected chi connectivity index (χ3v) is 4.37. The number of rotatable bonds is 9. The monoisotopic (exact) mass is 332 g/mol. The third kappa shape index (κ3) is 5.69. The standard InChI is InChI=1S/C16H30NO6/c1-3-4-5-6-7-8-9-17(11(2)19)13-15(21)14(20)12(10-18)23-16(13)22/h12-16,18,20-21H,3-10H2,1-2H3/q-1/t12-,13-,14-,15-,16-/m1/s1. The Kier molecular flexibility index (Phi) is 9.01. The van der Waals surface area contributed by atoms with Gasteiger partial charge in [0.1, 0.15) is 18.3 Å². The number of carbonyl (C=O) groups excluding carboxylic acids is 1. The van der Waals surface area contributed by atoms with Gasteiger partial charge in [-0.1, -0.05) is 39.0 Å². The maximum absolute atomic E-state index is 12.1. The van der Waals surface area contributed by atoms with Crippen molar-refractivity contribution < 1.29 is 30.0 Å². The van der Waals surface area contributed by atoms with Crippen LogP contribution in [0.1, 0.15) is 52.4 Å². The molecule has 1 fully saturated rings. The lowest BCUT2D eigenvalue weighted by molar-refractivity contribution is -0.525. The molecule has 0 bridgehead atoms. The molecule has 1 saturated heterocycles. The molecule has 0 radical (unpaired) electrons. The first-order valence-corrected chi connectivity index (χ1v) is 8.49. The van der Waals surface area contributed by atoms with Crippen molar-refractivity contribution in [3.63, 3.8) is 0 Å². The molecular weight excluding hydrogens is 302 g/mol. The molecule has 3 N–H and O–H groups in total. The van der Waals surface area contributed by atoms with Gasteiger partial charge in [-0.25, -0.2) is 0 Å². The van der Waals surface area contributed by atoms with Crippen LogP contribution in [0.4, 0.5) is 0 Å². The number of amides is 1. The molecule has 1 aliphatic rings. The average molecular weight is 332 g/mol. The highest BCUT2D eigenvalue weighted by atomic mass is 16.6. The van der Waals surface area contributed by atoms with Crippen LogP contribution >= 0.6 is 0 Å². The Morgan fingerprint density at radius 1 is 1.13 bits per heavy atom. The number of ether oxygens (including phenoxy) is 1. The molecule has 0 aromatic carbocycles. The van der Waals surface area contributed by atoms with Gasteiger partial charge in [-0.3, -0.25) is 4.79 Å². The lowest BCUT2D eigenvalue weighted by Crippen LogP contribution is -2.68.